The molecule has 32 heavy (non-hydrogen) atoms. The van der Waals surface area contributed by atoms with Crippen molar-refractivity contribution in [2.45, 2.75) is 25.5 Å². The predicted molar refractivity (Wildman–Crippen MR) is 109 cm³/mol. The van der Waals surface area contributed by atoms with Crippen molar-refractivity contribution in [2.75, 3.05) is 18.1 Å². The molecule has 1 aromatic carbocycles. The number of hydrogen-bond acceptors (Lipinski definition) is 9. The van der Waals surface area contributed by atoms with Crippen molar-refractivity contribution >= 4 is 45.8 Å². The summed E-state index contributed by atoms with van der Waals surface area (Å²) in [7, 11) is 0. The molecule has 3 aliphatic rings. The molecule has 164 valence electrons. The largest absolute Gasteiger partial charge is 0.374 e. The van der Waals surface area contributed by atoms with Crippen LogP contribution in [0.3, 0.4) is 0 Å². The number of hydrogen-bond donors (Lipinski definition) is 2. The Morgan fingerprint density at radius 2 is 2.06 bits per heavy atom. The summed E-state index contributed by atoms with van der Waals surface area (Å²) in [5.74, 6) is -2.07. The maximum Gasteiger partial charge on any atom is 0.328 e. The fourth-order valence-corrected chi connectivity index (χ4v) is 5.79. The second-order valence-corrected chi connectivity index (χ2v) is 8.94. The fraction of sp³-hybridized carbons (Fsp3) is 0.350. The molecule has 0 radical (unpaired) electrons. The SMILES string of the molecule is C[C@@H]1OCCN2c3c(cc4c(-c5nccs5)noc4c3F)CC3(C(=O)NC(=O)NC3=O)[C@@H]12. The van der Waals surface area contributed by atoms with E-state index in [2.05, 4.69) is 20.8 Å². The number of thiazole rings is 1. The van der Waals surface area contributed by atoms with Crippen LogP contribution in [-0.2, 0) is 20.7 Å². The Labute approximate surface area is 183 Å². The van der Waals surface area contributed by atoms with Crippen molar-refractivity contribution in [3.8, 4) is 10.7 Å². The maximum absolute atomic E-state index is 15.8. The molecule has 6 rings (SSSR count). The van der Waals surface area contributed by atoms with E-state index in [9.17, 15) is 14.4 Å². The minimum Gasteiger partial charge on any atom is -0.374 e. The monoisotopic (exact) mass is 457 g/mol. The predicted octanol–water partition coefficient (Wildman–Crippen LogP) is 1.59. The molecule has 0 saturated carbocycles. The molecule has 0 bridgehead atoms. The molecule has 2 fully saturated rings. The molecule has 3 aliphatic heterocycles. The van der Waals surface area contributed by atoms with Gasteiger partial charge in [-0.2, -0.15) is 0 Å². The zero-order valence-corrected chi connectivity index (χ0v) is 17.5. The van der Waals surface area contributed by atoms with E-state index in [0.717, 1.165) is 0 Å². The van der Waals surface area contributed by atoms with Gasteiger partial charge in [0, 0.05) is 24.5 Å². The van der Waals surface area contributed by atoms with Gasteiger partial charge in [-0.25, -0.2) is 14.2 Å². The number of ether oxygens (including phenoxy) is 1. The van der Waals surface area contributed by atoms with Gasteiger partial charge in [0.25, 0.3) is 0 Å². The first-order valence-electron chi connectivity index (χ1n) is 9.97. The highest BCUT2D eigenvalue weighted by molar-refractivity contribution is 7.13. The Balaban J connectivity index is 1.61. The molecule has 4 amide bonds. The van der Waals surface area contributed by atoms with Crippen LogP contribution in [-0.4, -0.2) is 53.3 Å². The van der Waals surface area contributed by atoms with E-state index in [1.165, 1.54) is 11.3 Å². The molecule has 0 aliphatic carbocycles. The van der Waals surface area contributed by atoms with E-state index >= 15 is 4.39 Å². The molecular weight excluding hydrogens is 441 g/mol. The number of fused-ring (bicyclic) bond motifs is 5. The first kappa shape index (κ1) is 19.3. The number of imide groups is 2. The third kappa shape index (κ3) is 2.38. The number of carbonyl (C=O) groups excluding carboxylic acids is 3. The Bertz CT molecular complexity index is 1290. The minimum absolute atomic E-state index is 0.0180. The van der Waals surface area contributed by atoms with Gasteiger partial charge in [0.15, 0.2) is 11.2 Å². The molecule has 5 heterocycles. The summed E-state index contributed by atoms with van der Waals surface area (Å²) in [5.41, 5.74) is -0.602. The van der Waals surface area contributed by atoms with E-state index in [1.807, 2.05) is 0 Å². The molecule has 12 heteroatoms. The van der Waals surface area contributed by atoms with Gasteiger partial charge < -0.3 is 14.2 Å². The quantitative estimate of drug-likeness (QED) is 0.528. The van der Waals surface area contributed by atoms with Crippen molar-refractivity contribution in [1.82, 2.24) is 20.8 Å². The molecule has 2 aromatic heterocycles. The number of nitrogens with one attached hydrogen (secondary N) is 2. The smallest absolute Gasteiger partial charge is 0.328 e. The summed E-state index contributed by atoms with van der Waals surface area (Å²) < 4.78 is 26.9. The number of barbiturate groups is 1. The van der Waals surface area contributed by atoms with E-state index in [0.29, 0.717) is 21.7 Å². The van der Waals surface area contributed by atoms with Crippen LogP contribution in [0, 0.1) is 11.2 Å². The second-order valence-electron chi connectivity index (χ2n) is 8.04. The first-order chi connectivity index (χ1) is 15.4. The Morgan fingerprint density at radius 1 is 1.28 bits per heavy atom. The van der Waals surface area contributed by atoms with Crippen LogP contribution >= 0.6 is 11.3 Å². The molecule has 2 saturated heterocycles. The molecule has 2 N–H and O–H groups in total. The Kier molecular flexibility index (Phi) is 3.96. The third-order valence-electron chi connectivity index (χ3n) is 6.41. The van der Waals surface area contributed by atoms with Gasteiger partial charge in [0.1, 0.15) is 10.7 Å². The summed E-state index contributed by atoms with van der Waals surface area (Å²) in [6, 6.07) is 0.0000150. The lowest BCUT2D eigenvalue weighted by atomic mass is 9.66. The fourth-order valence-electron chi connectivity index (χ4n) is 5.16. The van der Waals surface area contributed by atoms with Gasteiger partial charge >= 0.3 is 6.03 Å². The number of nitrogens with zero attached hydrogens (tertiary/aromatic N) is 3. The van der Waals surface area contributed by atoms with Gasteiger partial charge in [-0.15, -0.1) is 11.3 Å². The Hall–Kier alpha value is -3.38. The van der Waals surface area contributed by atoms with Gasteiger partial charge in [-0.1, -0.05) is 5.16 Å². The lowest BCUT2D eigenvalue weighted by Gasteiger charge is -2.54. The van der Waals surface area contributed by atoms with Gasteiger partial charge in [0.05, 0.1) is 29.8 Å². The highest BCUT2D eigenvalue weighted by Gasteiger charge is 2.62. The number of carbonyl (C=O) groups is 3. The van der Waals surface area contributed by atoms with E-state index < -0.39 is 41.2 Å². The van der Waals surface area contributed by atoms with E-state index in [1.54, 1.807) is 29.5 Å². The van der Waals surface area contributed by atoms with Crippen molar-refractivity contribution in [3.05, 3.63) is 29.0 Å². The Morgan fingerprint density at radius 3 is 2.78 bits per heavy atom. The van der Waals surface area contributed by atoms with E-state index in [4.69, 9.17) is 9.26 Å². The number of benzene rings is 1. The molecular formula is C20H16FN5O5S. The summed E-state index contributed by atoms with van der Waals surface area (Å²) in [6.07, 6.45) is 0.923. The van der Waals surface area contributed by atoms with Crippen molar-refractivity contribution in [2.24, 2.45) is 5.41 Å². The highest BCUT2D eigenvalue weighted by Crippen LogP contribution is 2.49. The zero-order chi connectivity index (χ0) is 22.2. The summed E-state index contributed by atoms with van der Waals surface area (Å²) in [6.45, 7) is 2.27. The van der Waals surface area contributed by atoms with Crippen LogP contribution < -0.4 is 15.5 Å². The lowest BCUT2D eigenvalue weighted by Crippen LogP contribution is -2.74. The normalized spacial score (nSPS) is 24.3. The van der Waals surface area contributed by atoms with Gasteiger partial charge in [-0.3, -0.25) is 20.2 Å². The molecule has 2 atom stereocenters. The number of anilines is 1. The van der Waals surface area contributed by atoms with Crippen LogP contribution in [0.2, 0.25) is 0 Å². The zero-order valence-electron chi connectivity index (χ0n) is 16.7. The van der Waals surface area contributed by atoms with Crippen molar-refractivity contribution in [3.63, 3.8) is 0 Å². The number of urea groups is 1. The molecule has 1 spiro atoms. The average molecular weight is 457 g/mol. The lowest BCUT2D eigenvalue weighted by molar-refractivity contribution is -0.151. The van der Waals surface area contributed by atoms with E-state index in [-0.39, 0.29) is 30.8 Å². The number of amides is 4. The van der Waals surface area contributed by atoms with Crippen molar-refractivity contribution < 1.29 is 28.0 Å². The summed E-state index contributed by atoms with van der Waals surface area (Å²) >= 11 is 1.33. The summed E-state index contributed by atoms with van der Waals surface area (Å²) in [4.78, 5) is 44.0. The minimum atomic E-state index is -1.67. The average Bonchev–Trinajstić information content (AvgIpc) is 3.41. The van der Waals surface area contributed by atoms with Crippen LogP contribution in [0.1, 0.15) is 12.5 Å². The molecule has 0 unspecified atom stereocenters. The van der Waals surface area contributed by atoms with Crippen LogP contribution in [0.5, 0.6) is 0 Å². The standard InChI is InChI=1S/C20H16FN5O5S/c1-8-15-20(17(27)23-19(29)24-18(20)28)7-9-6-10-12(16-22-2-5-32-16)25-31-14(10)11(21)13(9)26(15)3-4-30-8/h2,5-6,8,15H,3-4,7H2,1H3,(H2,23,24,27,28,29)/t8-,15+/m0/s1. The van der Waals surface area contributed by atoms with Crippen molar-refractivity contribution in [1.29, 1.82) is 0 Å². The second kappa shape index (κ2) is 6.56. The van der Waals surface area contributed by atoms with Crippen LogP contribution in [0.25, 0.3) is 21.7 Å². The number of halogens is 1. The summed E-state index contributed by atoms with van der Waals surface area (Å²) in [5, 5.41) is 11.2. The van der Waals surface area contributed by atoms with Gasteiger partial charge in [-0.05, 0) is 18.6 Å². The number of morpholine rings is 1. The molecule has 3 aromatic rings. The highest BCUT2D eigenvalue weighted by atomic mass is 32.1. The number of aromatic nitrogens is 2. The number of rotatable bonds is 1. The third-order valence-corrected chi connectivity index (χ3v) is 7.19. The van der Waals surface area contributed by atoms with Crippen LogP contribution in [0.15, 0.2) is 22.2 Å². The molecule has 10 nitrogen and oxygen atoms in total. The first-order valence-corrected chi connectivity index (χ1v) is 10.9. The van der Waals surface area contributed by atoms with Gasteiger partial charge in [0.2, 0.25) is 17.4 Å². The maximum atomic E-state index is 15.8. The topological polar surface area (TPSA) is 127 Å². The van der Waals surface area contributed by atoms with Crippen LogP contribution in [0.4, 0.5) is 14.9 Å².